The number of thiophene rings is 1. The Kier molecular flexibility index (Phi) is 4.39. The summed E-state index contributed by atoms with van der Waals surface area (Å²) in [6.07, 6.45) is 0. The molecule has 0 aliphatic rings. The van der Waals surface area contributed by atoms with E-state index in [0.717, 1.165) is 0 Å². The van der Waals surface area contributed by atoms with Gasteiger partial charge in [-0.05, 0) is 42.5 Å². The molecule has 2 aromatic rings. The molecule has 0 aliphatic carbocycles. The Labute approximate surface area is 127 Å². The van der Waals surface area contributed by atoms with E-state index in [4.69, 9.17) is 11.6 Å². The summed E-state index contributed by atoms with van der Waals surface area (Å²) in [6, 6.07) is 5.03. The summed E-state index contributed by atoms with van der Waals surface area (Å²) in [7, 11) is -3.74. The zero-order chi connectivity index (χ0) is 14.9. The zero-order valence-corrected chi connectivity index (χ0v) is 13.4. The van der Waals surface area contributed by atoms with E-state index in [9.17, 15) is 13.5 Å². The van der Waals surface area contributed by atoms with Crippen molar-refractivity contribution in [3.8, 4) is 0 Å². The summed E-state index contributed by atoms with van der Waals surface area (Å²) < 4.78 is 27.5. The van der Waals surface area contributed by atoms with Crippen molar-refractivity contribution in [2.45, 2.75) is 25.3 Å². The first-order chi connectivity index (χ1) is 9.36. The first kappa shape index (κ1) is 15.3. The molecule has 0 unspecified atom stereocenters. The fourth-order valence-corrected chi connectivity index (χ4v) is 4.83. The molecular formula is C13H14ClNO3S2. The van der Waals surface area contributed by atoms with Crippen LogP contribution in [0.15, 0.2) is 28.5 Å². The van der Waals surface area contributed by atoms with Gasteiger partial charge in [-0.2, -0.15) is 0 Å². The van der Waals surface area contributed by atoms with Gasteiger partial charge >= 0.3 is 0 Å². The topological polar surface area (TPSA) is 66.4 Å². The van der Waals surface area contributed by atoms with Crippen LogP contribution < -0.4 is 4.72 Å². The van der Waals surface area contributed by atoms with Gasteiger partial charge in [0.05, 0.1) is 17.2 Å². The molecule has 0 fully saturated rings. The maximum atomic E-state index is 12.5. The average Bonchev–Trinajstić information content (AvgIpc) is 2.77. The Morgan fingerprint density at radius 2 is 2.05 bits per heavy atom. The van der Waals surface area contributed by atoms with Crippen LogP contribution in [-0.4, -0.2) is 13.5 Å². The second kappa shape index (κ2) is 5.73. The maximum Gasteiger partial charge on any atom is 0.263 e. The molecule has 0 radical (unpaired) electrons. The summed E-state index contributed by atoms with van der Waals surface area (Å²) in [5.41, 5.74) is 1.72. The van der Waals surface area contributed by atoms with Gasteiger partial charge < -0.3 is 5.11 Å². The van der Waals surface area contributed by atoms with Gasteiger partial charge in [-0.3, -0.25) is 4.72 Å². The van der Waals surface area contributed by atoms with E-state index in [2.05, 4.69) is 4.72 Å². The molecule has 20 heavy (non-hydrogen) atoms. The van der Waals surface area contributed by atoms with Crippen molar-refractivity contribution in [1.82, 2.24) is 0 Å². The first-order valence-corrected chi connectivity index (χ1v) is 8.56. The number of aryl methyl sites for hydroxylation is 1. The van der Waals surface area contributed by atoms with Crippen molar-refractivity contribution >= 4 is 38.6 Å². The Hall–Kier alpha value is -1.08. The summed E-state index contributed by atoms with van der Waals surface area (Å²) in [6.45, 7) is 3.14. The number of aliphatic hydroxyl groups is 1. The normalized spacial score (nSPS) is 11.6. The Balaban J connectivity index is 2.46. The van der Waals surface area contributed by atoms with Crippen molar-refractivity contribution in [2.75, 3.05) is 4.72 Å². The van der Waals surface area contributed by atoms with E-state index in [1.807, 2.05) is 0 Å². The third-order valence-electron chi connectivity index (χ3n) is 2.91. The molecule has 7 heteroatoms. The van der Waals surface area contributed by atoms with Crippen LogP contribution in [0.5, 0.6) is 0 Å². The van der Waals surface area contributed by atoms with Crippen LogP contribution >= 0.6 is 22.9 Å². The highest BCUT2D eigenvalue weighted by atomic mass is 35.5. The van der Waals surface area contributed by atoms with Crippen LogP contribution in [0.2, 0.25) is 5.02 Å². The smallest absolute Gasteiger partial charge is 0.263 e. The van der Waals surface area contributed by atoms with Crippen molar-refractivity contribution in [1.29, 1.82) is 0 Å². The van der Waals surface area contributed by atoms with Gasteiger partial charge in [0, 0.05) is 5.02 Å². The van der Waals surface area contributed by atoms with Crippen molar-refractivity contribution in [2.24, 2.45) is 0 Å². The van der Waals surface area contributed by atoms with Gasteiger partial charge in [-0.15, -0.1) is 11.3 Å². The monoisotopic (exact) mass is 331 g/mol. The van der Waals surface area contributed by atoms with Gasteiger partial charge in [-0.25, -0.2) is 8.42 Å². The molecule has 1 aromatic heterocycles. The second-order valence-corrected chi connectivity index (χ2v) is 7.34. The fraction of sp³-hybridized carbons (Fsp3) is 0.231. The number of hydrogen-bond acceptors (Lipinski definition) is 4. The number of sulfonamides is 1. The minimum Gasteiger partial charge on any atom is -0.391 e. The van der Waals surface area contributed by atoms with E-state index in [0.29, 0.717) is 26.7 Å². The lowest BCUT2D eigenvalue weighted by Crippen LogP contribution is -2.15. The Morgan fingerprint density at radius 1 is 1.35 bits per heavy atom. The fourth-order valence-electron chi connectivity index (χ4n) is 1.87. The van der Waals surface area contributed by atoms with E-state index in [1.165, 1.54) is 11.3 Å². The van der Waals surface area contributed by atoms with Crippen LogP contribution in [0.1, 0.15) is 16.0 Å². The van der Waals surface area contributed by atoms with E-state index >= 15 is 0 Å². The molecule has 0 saturated heterocycles. The third-order valence-corrected chi connectivity index (χ3v) is 6.14. The van der Waals surface area contributed by atoms with Crippen molar-refractivity contribution in [3.63, 3.8) is 0 Å². The Morgan fingerprint density at radius 3 is 2.70 bits per heavy atom. The molecule has 0 saturated carbocycles. The summed E-state index contributed by atoms with van der Waals surface area (Å²) in [5, 5.41) is 11.5. The van der Waals surface area contributed by atoms with Gasteiger partial charge in [0.15, 0.2) is 0 Å². The predicted molar refractivity (Wildman–Crippen MR) is 82.0 cm³/mol. The SMILES string of the molecule is Cc1csc(CO)c1S(=O)(=O)Nc1cccc(Cl)c1C. The minimum absolute atomic E-state index is 0.143. The first-order valence-electron chi connectivity index (χ1n) is 5.82. The summed E-state index contributed by atoms with van der Waals surface area (Å²) in [5.74, 6) is 0. The molecule has 2 rings (SSSR count). The van der Waals surface area contributed by atoms with Crippen LogP contribution in [0.25, 0.3) is 0 Å². The number of anilines is 1. The average molecular weight is 332 g/mol. The van der Waals surface area contributed by atoms with Crippen LogP contribution in [0, 0.1) is 13.8 Å². The summed E-state index contributed by atoms with van der Waals surface area (Å²) >= 11 is 7.21. The number of halogens is 1. The molecule has 0 amide bonds. The van der Waals surface area contributed by atoms with Crippen LogP contribution in [0.4, 0.5) is 5.69 Å². The highest BCUT2D eigenvalue weighted by Crippen LogP contribution is 2.30. The molecule has 1 aromatic carbocycles. The van der Waals surface area contributed by atoms with Gasteiger partial charge in [0.1, 0.15) is 4.90 Å². The Bertz CT molecular complexity index is 738. The van der Waals surface area contributed by atoms with E-state index < -0.39 is 10.0 Å². The molecule has 0 atom stereocenters. The molecule has 0 bridgehead atoms. The lowest BCUT2D eigenvalue weighted by molar-refractivity contribution is 0.282. The molecule has 2 N–H and O–H groups in total. The van der Waals surface area contributed by atoms with E-state index in [1.54, 1.807) is 37.4 Å². The molecular weight excluding hydrogens is 318 g/mol. The minimum atomic E-state index is -3.74. The molecule has 0 aliphatic heterocycles. The third kappa shape index (κ3) is 2.83. The number of aliphatic hydroxyl groups excluding tert-OH is 1. The number of nitrogens with one attached hydrogen (secondary N) is 1. The van der Waals surface area contributed by atoms with Gasteiger partial charge in [0.2, 0.25) is 0 Å². The predicted octanol–water partition coefficient (Wildman–Crippen LogP) is 3.31. The van der Waals surface area contributed by atoms with Gasteiger partial charge in [-0.1, -0.05) is 17.7 Å². The highest BCUT2D eigenvalue weighted by Gasteiger charge is 2.23. The second-order valence-electron chi connectivity index (χ2n) is 4.35. The standard InChI is InChI=1S/C13H14ClNO3S2/c1-8-7-19-12(6-16)13(8)20(17,18)15-11-5-3-4-10(14)9(11)2/h3-5,7,15-16H,6H2,1-2H3. The lowest BCUT2D eigenvalue weighted by atomic mass is 10.2. The largest absolute Gasteiger partial charge is 0.391 e. The number of hydrogen-bond donors (Lipinski definition) is 2. The van der Waals surface area contributed by atoms with E-state index in [-0.39, 0.29) is 11.5 Å². The highest BCUT2D eigenvalue weighted by molar-refractivity contribution is 7.93. The van der Waals surface area contributed by atoms with Crippen LogP contribution in [0.3, 0.4) is 0 Å². The number of rotatable bonds is 4. The van der Waals surface area contributed by atoms with Gasteiger partial charge in [0.25, 0.3) is 10.0 Å². The summed E-state index contributed by atoms with van der Waals surface area (Å²) in [4.78, 5) is 0.569. The number of benzene rings is 1. The zero-order valence-electron chi connectivity index (χ0n) is 11.0. The molecule has 4 nitrogen and oxygen atoms in total. The maximum absolute atomic E-state index is 12.5. The van der Waals surface area contributed by atoms with Crippen molar-refractivity contribution in [3.05, 3.63) is 44.6 Å². The quantitative estimate of drug-likeness (QED) is 0.903. The molecule has 0 spiro atoms. The van der Waals surface area contributed by atoms with Crippen LogP contribution in [-0.2, 0) is 16.6 Å². The van der Waals surface area contributed by atoms with Crippen molar-refractivity contribution < 1.29 is 13.5 Å². The lowest BCUT2D eigenvalue weighted by Gasteiger charge is -2.12. The molecule has 1 heterocycles. The molecule has 108 valence electrons.